The summed E-state index contributed by atoms with van der Waals surface area (Å²) in [6.45, 7) is 3.21. The van der Waals surface area contributed by atoms with E-state index in [-0.39, 0.29) is 12.3 Å². The fourth-order valence-corrected chi connectivity index (χ4v) is 2.36. The smallest absolute Gasteiger partial charge is 0.306 e. The van der Waals surface area contributed by atoms with Crippen molar-refractivity contribution < 1.29 is 24.2 Å². The topological polar surface area (TPSA) is 76.1 Å². The second-order valence-electron chi connectivity index (χ2n) is 5.31. The summed E-state index contributed by atoms with van der Waals surface area (Å²) in [5.74, 6) is -1.05. The number of carboxylic acids is 1. The lowest BCUT2D eigenvalue weighted by atomic mass is 10.2. The SMILES string of the molecule is C[C@@H](OCc1ccccc1)C(=O)N1CCO[C@H](CC(=O)O)C1. The number of aliphatic carboxylic acids is 1. The van der Waals surface area contributed by atoms with Gasteiger partial charge in [0, 0.05) is 13.1 Å². The van der Waals surface area contributed by atoms with Gasteiger partial charge in [-0.15, -0.1) is 0 Å². The molecular formula is C16H21NO5. The number of ether oxygens (including phenoxy) is 2. The molecule has 2 atom stereocenters. The normalized spacial score (nSPS) is 19.7. The number of nitrogens with zero attached hydrogens (tertiary/aromatic N) is 1. The van der Waals surface area contributed by atoms with E-state index >= 15 is 0 Å². The van der Waals surface area contributed by atoms with Crippen LogP contribution in [0, 0.1) is 0 Å². The summed E-state index contributed by atoms with van der Waals surface area (Å²) in [5.41, 5.74) is 1.01. The zero-order chi connectivity index (χ0) is 15.9. The second kappa shape index (κ2) is 7.91. The predicted octanol–water partition coefficient (Wildman–Crippen LogP) is 1.29. The Morgan fingerprint density at radius 3 is 2.82 bits per heavy atom. The van der Waals surface area contributed by atoms with E-state index in [1.807, 2.05) is 30.3 Å². The summed E-state index contributed by atoms with van der Waals surface area (Å²) in [6, 6.07) is 9.64. The third kappa shape index (κ3) is 4.82. The predicted molar refractivity (Wildman–Crippen MR) is 79.3 cm³/mol. The molecule has 0 aromatic heterocycles. The molecule has 1 heterocycles. The zero-order valence-corrected chi connectivity index (χ0v) is 12.6. The van der Waals surface area contributed by atoms with Gasteiger partial charge in [-0.25, -0.2) is 0 Å². The molecule has 0 spiro atoms. The van der Waals surface area contributed by atoms with E-state index < -0.39 is 18.2 Å². The molecule has 1 aromatic carbocycles. The maximum atomic E-state index is 12.3. The molecule has 0 bridgehead atoms. The molecule has 1 aliphatic rings. The van der Waals surface area contributed by atoms with E-state index in [0.29, 0.717) is 26.3 Å². The van der Waals surface area contributed by atoms with E-state index in [1.165, 1.54) is 0 Å². The molecule has 1 aliphatic heterocycles. The van der Waals surface area contributed by atoms with E-state index in [1.54, 1.807) is 11.8 Å². The number of hydrogen-bond donors (Lipinski definition) is 1. The van der Waals surface area contributed by atoms with Crippen molar-refractivity contribution in [2.24, 2.45) is 0 Å². The van der Waals surface area contributed by atoms with Crippen molar-refractivity contribution in [1.82, 2.24) is 4.90 Å². The third-order valence-corrected chi connectivity index (χ3v) is 3.54. The summed E-state index contributed by atoms with van der Waals surface area (Å²) in [5, 5.41) is 8.80. The van der Waals surface area contributed by atoms with Crippen molar-refractivity contribution in [3.05, 3.63) is 35.9 Å². The molecule has 1 N–H and O–H groups in total. The minimum absolute atomic E-state index is 0.0942. The molecule has 2 rings (SSSR count). The molecule has 0 radical (unpaired) electrons. The molecule has 0 unspecified atom stereocenters. The first kappa shape index (κ1) is 16.5. The van der Waals surface area contributed by atoms with Gasteiger partial charge in [0.15, 0.2) is 0 Å². The lowest BCUT2D eigenvalue weighted by molar-refractivity contribution is -0.154. The number of morpholine rings is 1. The molecule has 1 fully saturated rings. The Labute approximate surface area is 129 Å². The summed E-state index contributed by atoms with van der Waals surface area (Å²) in [7, 11) is 0. The van der Waals surface area contributed by atoms with Gasteiger partial charge in [0.2, 0.25) is 0 Å². The average Bonchev–Trinajstić information content (AvgIpc) is 2.52. The Bertz CT molecular complexity index is 505. The maximum absolute atomic E-state index is 12.3. The van der Waals surface area contributed by atoms with Gasteiger partial charge >= 0.3 is 5.97 Å². The van der Waals surface area contributed by atoms with Crippen LogP contribution >= 0.6 is 0 Å². The van der Waals surface area contributed by atoms with Crippen LogP contribution < -0.4 is 0 Å². The molecule has 6 heteroatoms. The minimum Gasteiger partial charge on any atom is -0.481 e. The van der Waals surface area contributed by atoms with Crippen molar-refractivity contribution >= 4 is 11.9 Å². The number of carbonyl (C=O) groups excluding carboxylic acids is 1. The van der Waals surface area contributed by atoms with Crippen molar-refractivity contribution in [1.29, 1.82) is 0 Å². The van der Waals surface area contributed by atoms with Crippen LogP contribution in [0.2, 0.25) is 0 Å². The molecule has 6 nitrogen and oxygen atoms in total. The van der Waals surface area contributed by atoms with Gasteiger partial charge in [0.25, 0.3) is 5.91 Å². The van der Waals surface area contributed by atoms with Crippen molar-refractivity contribution in [2.75, 3.05) is 19.7 Å². The number of carboxylic acid groups (broad SMARTS) is 1. The number of rotatable bonds is 6. The van der Waals surface area contributed by atoms with Crippen LogP contribution in [0.25, 0.3) is 0 Å². The van der Waals surface area contributed by atoms with E-state index in [4.69, 9.17) is 14.6 Å². The number of benzene rings is 1. The van der Waals surface area contributed by atoms with Gasteiger partial charge in [-0.2, -0.15) is 0 Å². The highest BCUT2D eigenvalue weighted by Crippen LogP contribution is 2.12. The molecule has 1 amide bonds. The van der Waals surface area contributed by atoms with Gasteiger partial charge < -0.3 is 19.5 Å². The zero-order valence-electron chi connectivity index (χ0n) is 12.6. The molecule has 1 saturated heterocycles. The molecule has 1 aromatic rings. The number of hydrogen-bond acceptors (Lipinski definition) is 4. The third-order valence-electron chi connectivity index (χ3n) is 3.54. The van der Waals surface area contributed by atoms with Crippen LogP contribution in [0.4, 0.5) is 0 Å². The largest absolute Gasteiger partial charge is 0.481 e. The Balaban J connectivity index is 1.83. The van der Waals surface area contributed by atoms with Gasteiger partial charge in [-0.1, -0.05) is 30.3 Å². The minimum atomic E-state index is -0.923. The van der Waals surface area contributed by atoms with Gasteiger partial charge in [0.05, 0.1) is 25.7 Å². The quantitative estimate of drug-likeness (QED) is 0.857. The molecule has 22 heavy (non-hydrogen) atoms. The fraction of sp³-hybridized carbons (Fsp3) is 0.500. The van der Waals surface area contributed by atoms with Crippen molar-refractivity contribution in [2.45, 2.75) is 32.2 Å². The molecule has 0 saturated carbocycles. The maximum Gasteiger partial charge on any atom is 0.306 e. The molecule has 0 aliphatic carbocycles. The molecule has 120 valence electrons. The summed E-state index contributed by atoms with van der Waals surface area (Å²) in [4.78, 5) is 24.7. The first-order valence-corrected chi connectivity index (χ1v) is 7.34. The first-order chi connectivity index (χ1) is 10.6. The van der Waals surface area contributed by atoms with Crippen LogP contribution in [0.15, 0.2) is 30.3 Å². The van der Waals surface area contributed by atoms with Crippen molar-refractivity contribution in [3.8, 4) is 0 Å². The highest BCUT2D eigenvalue weighted by Gasteiger charge is 2.28. The Morgan fingerprint density at radius 2 is 2.14 bits per heavy atom. The highest BCUT2D eigenvalue weighted by molar-refractivity contribution is 5.80. The van der Waals surface area contributed by atoms with Gasteiger partial charge in [-0.3, -0.25) is 9.59 Å². The van der Waals surface area contributed by atoms with Crippen molar-refractivity contribution in [3.63, 3.8) is 0 Å². The fourth-order valence-electron chi connectivity index (χ4n) is 2.36. The number of amides is 1. The van der Waals surface area contributed by atoms with E-state index in [2.05, 4.69) is 0 Å². The lowest BCUT2D eigenvalue weighted by Crippen LogP contribution is -2.49. The summed E-state index contributed by atoms with van der Waals surface area (Å²) < 4.78 is 11.0. The second-order valence-corrected chi connectivity index (χ2v) is 5.31. The summed E-state index contributed by atoms with van der Waals surface area (Å²) >= 11 is 0. The average molecular weight is 307 g/mol. The monoisotopic (exact) mass is 307 g/mol. The highest BCUT2D eigenvalue weighted by atomic mass is 16.5. The van der Waals surface area contributed by atoms with Crippen LogP contribution in [0.3, 0.4) is 0 Å². The van der Waals surface area contributed by atoms with Crippen LogP contribution in [-0.4, -0.2) is 53.8 Å². The lowest BCUT2D eigenvalue weighted by Gasteiger charge is -2.33. The first-order valence-electron chi connectivity index (χ1n) is 7.34. The standard InChI is InChI=1S/C16H21NO5/c1-12(22-11-13-5-3-2-4-6-13)16(20)17-7-8-21-14(10-17)9-15(18)19/h2-6,12,14H,7-11H2,1H3,(H,18,19)/t12-,14-/m1/s1. The Morgan fingerprint density at radius 1 is 1.41 bits per heavy atom. The summed E-state index contributed by atoms with van der Waals surface area (Å²) in [6.07, 6.45) is -1.11. The van der Waals surface area contributed by atoms with E-state index in [9.17, 15) is 9.59 Å². The van der Waals surface area contributed by atoms with E-state index in [0.717, 1.165) is 5.56 Å². The Hall–Kier alpha value is -1.92. The van der Waals surface area contributed by atoms with Gasteiger partial charge in [0.1, 0.15) is 6.10 Å². The number of carbonyl (C=O) groups is 2. The Kier molecular flexibility index (Phi) is 5.91. The van der Waals surface area contributed by atoms with Gasteiger partial charge in [-0.05, 0) is 12.5 Å². The van der Waals surface area contributed by atoms with Crippen LogP contribution in [-0.2, 0) is 25.7 Å². The molecular weight excluding hydrogens is 286 g/mol. The van der Waals surface area contributed by atoms with Crippen LogP contribution in [0.1, 0.15) is 18.9 Å². The van der Waals surface area contributed by atoms with Crippen LogP contribution in [0.5, 0.6) is 0 Å².